The summed E-state index contributed by atoms with van der Waals surface area (Å²) in [7, 11) is -4.22. The lowest BCUT2D eigenvalue weighted by Gasteiger charge is -2.13. The molecule has 0 saturated carbocycles. The standard InChI is InChI=1S/C17H11F6N3O2S/c1-10-2-4-14(5-3-10)29(27,28)26-9-15(24-25-26)11-6-12(16(18,19)20)8-13(7-11)17(21,22)23/h2-9H,1H3. The Balaban J connectivity index is 2.09. The van der Waals surface area contributed by atoms with Gasteiger partial charge in [0.2, 0.25) is 0 Å². The van der Waals surface area contributed by atoms with Gasteiger partial charge < -0.3 is 0 Å². The van der Waals surface area contributed by atoms with Crippen molar-refractivity contribution in [2.75, 3.05) is 0 Å². The van der Waals surface area contributed by atoms with Crippen LogP contribution in [0.15, 0.2) is 53.6 Å². The summed E-state index contributed by atoms with van der Waals surface area (Å²) in [6.45, 7) is 1.73. The van der Waals surface area contributed by atoms with E-state index in [1.807, 2.05) is 0 Å². The van der Waals surface area contributed by atoms with Gasteiger partial charge in [-0.2, -0.15) is 34.8 Å². The van der Waals surface area contributed by atoms with Gasteiger partial charge in [0.1, 0.15) is 5.69 Å². The maximum atomic E-state index is 13.0. The van der Waals surface area contributed by atoms with Crippen LogP contribution in [0.4, 0.5) is 26.3 Å². The molecule has 0 N–H and O–H groups in total. The Bertz CT molecular complexity index is 1120. The summed E-state index contributed by atoms with van der Waals surface area (Å²) < 4.78 is 103. The summed E-state index contributed by atoms with van der Waals surface area (Å²) in [6, 6.07) is 6.48. The molecule has 0 aliphatic carbocycles. The fraction of sp³-hybridized carbons (Fsp3) is 0.176. The molecular formula is C17H11F6N3O2S. The van der Waals surface area contributed by atoms with E-state index in [0.29, 0.717) is 16.2 Å². The molecule has 0 bridgehead atoms. The molecule has 0 saturated heterocycles. The van der Waals surface area contributed by atoms with Crippen LogP contribution in [-0.4, -0.2) is 22.8 Å². The van der Waals surface area contributed by atoms with E-state index in [4.69, 9.17) is 0 Å². The van der Waals surface area contributed by atoms with Gasteiger partial charge in [-0.1, -0.05) is 22.9 Å². The number of aromatic nitrogens is 3. The lowest BCUT2D eigenvalue weighted by molar-refractivity contribution is -0.143. The molecule has 0 amide bonds. The molecular weight excluding hydrogens is 424 g/mol. The van der Waals surface area contributed by atoms with Crippen LogP contribution in [-0.2, 0) is 22.4 Å². The summed E-state index contributed by atoms with van der Waals surface area (Å²) in [6.07, 6.45) is -9.33. The maximum absolute atomic E-state index is 13.0. The van der Waals surface area contributed by atoms with Gasteiger partial charge in [0.15, 0.2) is 0 Å². The van der Waals surface area contributed by atoms with Crippen LogP contribution in [0.5, 0.6) is 0 Å². The van der Waals surface area contributed by atoms with Gasteiger partial charge in [0.05, 0.1) is 22.2 Å². The third-order valence-corrected chi connectivity index (χ3v) is 5.46. The Hall–Kier alpha value is -2.89. The van der Waals surface area contributed by atoms with Crippen LogP contribution in [0.1, 0.15) is 16.7 Å². The Morgan fingerprint density at radius 1 is 0.862 bits per heavy atom. The number of rotatable bonds is 3. The van der Waals surface area contributed by atoms with Crippen LogP contribution in [0, 0.1) is 6.92 Å². The summed E-state index contributed by atoms with van der Waals surface area (Å²) in [5.74, 6) is 0. The van der Waals surface area contributed by atoms with Crippen molar-refractivity contribution in [3.8, 4) is 11.3 Å². The van der Waals surface area contributed by atoms with Crippen molar-refractivity contribution in [1.29, 1.82) is 0 Å². The second-order valence-corrected chi connectivity index (χ2v) is 7.88. The summed E-state index contributed by atoms with van der Waals surface area (Å²) in [5, 5.41) is 6.80. The number of halogens is 6. The zero-order valence-corrected chi connectivity index (χ0v) is 15.3. The molecule has 0 aliphatic heterocycles. The first kappa shape index (κ1) is 20.8. The zero-order valence-electron chi connectivity index (χ0n) is 14.5. The van der Waals surface area contributed by atoms with Crippen molar-refractivity contribution in [1.82, 2.24) is 14.4 Å². The van der Waals surface area contributed by atoms with Crippen molar-refractivity contribution in [3.05, 3.63) is 65.4 Å². The van der Waals surface area contributed by atoms with E-state index >= 15 is 0 Å². The third kappa shape index (κ3) is 4.26. The van der Waals surface area contributed by atoms with E-state index in [2.05, 4.69) is 10.3 Å². The van der Waals surface area contributed by atoms with Crippen molar-refractivity contribution in [3.63, 3.8) is 0 Å². The predicted molar refractivity (Wildman–Crippen MR) is 89.2 cm³/mol. The minimum Gasteiger partial charge on any atom is -0.199 e. The largest absolute Gasteiger partial charge is 0.416 e. The van der Waals surface area contributed by atoms with Crippen LogP contribution >= 0.6 is 0 Å². The Labute approximate surface area is 160 Å². The van der Waals surface area contributed by atoms with Gasteiger partial charge in [-0.05, 0) is 37.3 Å². The molecule has 0 radical (unpaired) electrons. The molecule has 1 aromatic heterocycles. The average Bonchev–Trinajstić information content (AvgIpc) is 3.11. The van der Waals surface area contributed by atoms with Gasteiger partial charge in [-0.15, -0.1) is 9.19 Å². The quantitative estimate of drug-likeness (QED) is 0.568. The Morgan fingerprint density at radius 2 is 1.38 bits per heavy atom. The Kier molecular flexibility index (Phi) is 4.93. The van der Waals surface area contributed by atoms with Crippen molar-refractivity contribution in [2.24, 2.45) is 0 Å². The third-order valence-electron chi connectivity index (χ3n) is 3.92. The van der Waals surface area contributed by atoms with Crippen LogP contribution in [0.3, 0.4) is 0 Å². The normalized spacial score (nSPS) is 12.9. The van der Waals surface area contributed by atoms with E-state index in [9.17, 15) is 34.8 Å². The number of hydrogen-bond acceptors (Lipinski definition) is 4. The van der Waals surface area contributed by atoms with Gasteiger partial charge in [0.25, 0.3) is 10.0 Å². The maximum Gasteiger partial charge on any atom is 0.416 e. The molecule has 0 aliphatic rings. The first-order valence-corrected chi connectivity index (χ1v) is 9.27. The molecule has 0 atom stereocenters. The molecule has 1 heterocycles. The SMILES string of the molecule is Cc1ccc(S(=O)(=O)n2cc(-c3cc(C(F)(F)F)cc(C(F)(F)F)c3)nn2)cc1. The predicted octanol–water partition coefficient (Wildman–Crippen LogP) is 4.53. The first-order chi connectivity index (χ1) is 13.3. The molecule has 0 fully saturated rings. The molecule has 12 heteroatoms. The van der Waals surface area contributed by atoms with Gasteiger partial charge in [0, 0.05) is 5.56 Å². The molecule has 2 aromatic carbocycles. The van der Waals surface area contributed by atoms with Gasteiger partial charge >= 0.3 is 12.4 Å². The highest BCUT2D eigenvalue weighted by Crippen LogP contribution is 2.38. The monoisotopic (exact) mass is 435 g/mol. The molecule has 5 nitrogen and oxygen atoms in total. The second kappa shape index (κ2) is 6.87. The van der Waals surface area contributed by atoms with Crippen molar-refractivity contribution < 1.29 is 34.8 Å². The number of hydrogen-bond donors (Lipinski definition) is 0. The van der Waals surface area contributed by atoms with Gasteiger partial charge in [-0.25, -0.2) is 0 Å². The van der Waals surface area contributed by atoms with E-state index in [1.165, 1.54) is 24.3 Å². The number of benzene rings is 2. The summed E-state index contributed by atoms with van der Waals surface area (Å²) in [4.78, 5) is -0.167. The smallest absolute Gasteiger partial charge is 0.199 e. The van der Waals surface area contributed by atoms with Crippen LogP contribution in [0.25, 0.3) is 11.3 Å². The molecule has 3 rings (SSSR count). The topological polar surface area (TPSA) is 64.8 Å². The lowest BCUT2D eigenvalue weighted by Crippen LogP contribution is -2.13. The Morgan fingerprint density at radius 3 is 1.86 bits per heavy atom. The minimum atomic E-state index is -5.04. The highest BCUT2D eigenvalue weighted by Gasteiger charge is 2.37. The second-order valence-electron chi connectivity index (χ2n) is 6.09. The molecule has 0 spiro atoms. The van der Waals surface area contributed by atoms with E-state index in [1.54, 1.807) is 6.92 Å². The van der Waals surface area contributed by atoms with E-state index < -0.39 is 44.8 Å². The summed E-state index contributed by atoms with van der Waals surface area (Å²) >= 11 is 0. The van der Waals surface area contributed by atoms with Crippen LogP contribution < -0.4 is 0 Å². The molecule has 3 aromatic rings. The fourth-order valence-electron chi connectivity index (χ4n) is 2.42. The van der Waals surface area contributed by atoms with Gasteiger partial charge in [-0.3, -0.25) is 0 Å². The van der Waals surface area contributed by atoms with E-state index in [-0.39, 0.29) is 11.0 Å². The molecule has 154 valence electrons. The highest BCUT2D eigenvalue weighted by atomic mass is 32.2. The van der Waals surface area contributed by atoms with E-state index in [0.717, 1.165) is 11.8 Å². The number of aryl methyl sites for hydroxylation is 1. The molecule has 0 unspecified atom stereocenters. The highest BCUT2D eigenvalue weighted by molar-refractivity contribution is 7.89. The number of alkyl halides is 6. The lowest BCUT2D eigenvalue weighted by atomic mass is 10.0. The minimum absolute atomic E-state index is 0.0308. The molecule has 29 heavy (non-hydrogen) atoms. The van der Waals surface area contributed by atoms with Crippen molar-refractivity contribution in [2.45, 2.75) is 24.2 Å². The zero-order chi connectivity index (χ0) is 21.6. The van der Waals surface area contributed by atoms with Crippen molar-refractivity contribution >= 4 is 10.0 Å². The number of nitrogens with zero attached hydrogens (tertiary/aromatic N) is 3. The first-order valence-electron chi connectivity index (χ1n) is 7.83. The fourth-order valence-corrected chi connectivity index (χ4v) is 3.49. The summed E-state index contributed by atoms with van der Waals surface area (Å²) in [5.41, 5.74) is -3.33. The average molecular weight is 435 g/mol. The van der Waals surface area contributed by atoms with Crippen LogP contribution in [0.2, 0.25) is 0 Å².